The maximum Gasteiger partial charge on any atom is 0.322 e. The van der Waals surface area contributed by atoms with Crippen molar-refractivity contribution in [1.29, 1.82) is 0 Å². The third kappa shape index (κ3) is 3.50. The molecule has 0 spiro atoms. The van der Waals surface area contributed by atoms with E-state index in [1.807, 2.05) is 0 Å². The summed E-state index contributed by atoms with van der Waals surface area (Å²) >= 11 is 0. The van der Waals surface area contributed by atoms with E-state index in [0.717, 1.165) is 0 Å². The van der Waals surface area contributed by atoms with Gasteiger partial charge in [0.15, 0.2) is 0 Å². The highest BCUT2D eigenvalue weighted by atomic mass is 35.5. The van der Waals surface area contributed by atoms with Crippen LogP contribution in [0.1, 0.15) is 12.5 Å². The lowest BCUT2D eigenvalue weighted by molar-refractivity contribution is -0.123. The van der Waals surface area contributed by atoms with Crippen molar-refractivity contribution in [2.24, 2.45) is 0 Å². The standard InChI is InChI=1S/C13H16N4O3.ClH/c1-13(11(19)16-12(20)17-13)8-4-3-5-9(6-8)15-10(18)7-14-2;/h3-6,14H,7H2,1-2H3,(H,15,18)(H2,16,17,19,20);1H. The molecule has 21 heavy (non-hydrogen) atoms. The van der Waals surface area contributed by atoms with Gasteiger partial charge in [0.05, 0.1) is 6.54 Å². The predicted octanol–water partition coefficient (Wildman–Crippen LogP) is 0.321. The van der Waals surface area contributed by atoms with Gasteiger partial charge in [0, 0.05) is 5.69 Å². The third-order valence-electron chi connectivity index (χ3n) is 3.11. The van der Waals surface area contributed by atoms with Crippen molar-refractivity contribution in [1.82, 2.24) is 16.0 Å². The first-order valence-electron chi connectivity index (χ1n) is 6.14. The average molecular weight is 313 g/mol. The normalized spacial score (nSPS) is 20.3. The summed E-state index contributed by atoms with van der Waals surface area (Å²) in [5, 5.41) is 10.2. The van der Waals surface area contributed by atoms with Gasteiger partial charge in [0.1, 0.15) is 5.54 Å². The highest BCUT2D eigenvalue weighted by molar-refractivity contribution is 6.07. The number of likely N-dealkylation sites (N-methyl/N-ethyl adjacent to an activating group) is 1. The molecule has 1 fully saturated rings. The monoisotopic (exact) mass is 312 g/mol. The first-order chi connectivity index (χ1) is 9.45. The number of anilines is 1. The maximum absolute atomic E-state index is 11.9. The molecule has 1 atom stereocenters. The second-order valence-corrected chi connectivity index (χ2v) is 4.69. The van der Waals surface area contributed by atoms with Gasteiger partial charge in [-0.15, -0.1) is 12.4 Å². The Labute approximate surface area is 128 Å². The minimum atomic E-state index is -1.12. The molecule has 0 aliphatic carbocycles. The van der Waals surface area contributed by atoms with E-state index in [-0.39, 0.29) is 24.9 Å². The molecule has 1 aliphatic heterocycles. The first kappa shape index (κ1) is 16.9. The van der Waals surface area contributed by atoms with E-state index < -0.39 is 17.5 Å². The molecule has 1 aromatic rings. The number of imide groups is 1. The van der Waals surface area contributed by atoms with E-state index in [0.29, 0.717) is 11.3 Å². The first-order valence-corrected chi connectivity index (χ1v) is 6.14. The summed E-state index contributed by atoms with van der Waals surface area (Å²) in [5.41, 5.74) is 0.0434. The SMILES string of the molecule is CNCC(=O)Nc1cccc(C2(C)NC(=O)NC2=O)c1.Cl. The topological polar surface area (TPSA) is 99.3 Å². The molecule has 8 heteroatoms. The van der Waals surface area contributed by atoms with Crippen LogP contribution < -0.4 is 21.3 Å². The summed E-state index contributed by atoms with van der Waals surface area (Å²) in [6.07, 6.45) is 0. The Morgan fingerprint density at radius 1 is 1.33 bits per heavy atom. The molecule has 1 unspecified atom stereocenters. The Morgan fingerprint density at radius 2 is 2.05 bits per heavy atom. The zero-order valence-corrected chi connectivity index (χ0v) is 12.5. The number of hydrogen-bond acceptors (Lipinski definition) is 4. The van der Waals surface area contributed by atoms with Gasteiger partial charge in [-0.25, -0.2) is 4.79 Å². The molecule has 1 aliphatic rings. The van der Waals surface area contributed by atoms with Crippen molar-refractivity contribution in [2.45, 2.75) is 12.5 Å². The largest absolute Gasteiger partial charge is 0.325 e. The summed E-state index contributed by atoms with van der Waals surface area (Å²) < 4.78 is 0. The third-order valence-corrected chi connectivity index (χ3v) is 3.11. The zero-order valence-electron chi connectivity index (χ0n) is 11.6. The number of halogens is 1. The molecule has 4 amide bonds. The van der Waals surface area contributed by atoms with Gasteiger partial charge < -0.3 is 16.0 Å². The van der Waals surface area contributed by atoms with Crippen LogP contribution in [0.25, 0.3) is 0 Å². The molecule has 7 nitrogen and oxygen atoms in total. The van der Waals surface area contributed by atoms with Crippen LogP contribution in [-0.2, 0) is 15.1 Å². The van der Waals surface area contributed by atoms with Crippen molar-refractivity contribution in [3.8, 4) is 0 Å². The maximum atomic E-state index is 11.9. The van der Waals surface area contributed by atoms with Gasteiger partial charge in [0.2, 0.25) is 5.91 Å². The van der Waals surface area contributed by atoms with Crippen molar-refractivity contribution >= 4 is 35.9 Å². The van der Waals surface area contributed by atoms with Crippen molar-refractivity contribution < 1.29 is 14.4 Å². The van der Waals surface area contributed by atoms with E-state index in [2.05, 4.69) is 21.3 Å². The molecule has 0 saturated carbocycles. The fraction of sp³-hybridized carbons (Fsp3) is 0.308. The van der Waals surface area contributed by atoms with Crippen LogP contribution in [0.3, 0.4) is 0 Å². The number of rotatable bonds is 4. The number of carbonyl (C=O) groups excluding carboxylic acids is 3. The number of hydrogen-bond donors (Lipinski definition) is 4. The Kier molecular flexibility index (Phi) is 5.28. The molecule has 4 N–H and O–H groups in total. The van der Waals surface area contributed by atoms with Gasteiger partial charge >= 0.3 is 6.03 Å². The minimum Gasteiger partial charge on any atom is -0.325 e. The highest BCUT2D eigenvalue weighted by Crippen LogP contribution is 2.26. The number of amides is 4. The van der Waals surface area contributed by atoms with E-state index in [9.17, 15) is 14.4 Å². The molecule has 0 bridgehead atoms. The van der Waals surface area contributed by atoms with Crippen molar-refractivity contribution in [3.05, 3.63) is 29.8 Å². The molecule has 2 rings (SSSR count). The van der Waals surface area contributed by atoms with Crippen LogP contribution >= 0.6 is 12.4 Å². The highest BCUT2D eigenvalue weighted by Gasteiger charge is 2.43. The molecule has 0 aromatic heterocycles. The molecule has 114 valence electrons. The quantitative estimate of drug-likeness (QED) is 0.602. The van der Waals surface area contributed by atoms with Gasteiger partial charge in [-0.1, -0.05) is 12.1 Å². The smallest absolute Gasteiger partial charge is 0.322 e. The summed E-state index contributed by atoms with van der Waals surface area (Å²) in [4.78, 5) is 34.6. The minimum absolute atomic E-state index is 0. The number of nitrogens with one attached hydrogen (secondary N) is 4. The molecule has 1 aromatic carbocycles. The second-order valence-electron chi connectivity index (χ2n) is 4.69. The van der Waals surface area contributed by atoms with E-state index in [1.165, 1.54) is 0 Å². The molecular weight excluding hydrogens is 296 g/mol. The van der Waals surface area contributed by atoms with E-state index >= 15 is 0 Å². The van der Waals surface area contributed by atoms with Crippen LogP contribution in [0.5, 0.6) is 0 Å². The zero-order chi connectivity index (χ0) is 14.8. The number of carbonyl (C=O) groups is 3. The van der Waals surface area contributed by atoms with Gasteiger partial charge in [-0.05, 0) is 31.7 Å². The number of urea groups is 1. The fourth-order valence-corrected chi connectivity index (χ4v) is 2.02. The molecule has 0 radical (unpaired) electrons. The van der Waals surface area contributed by atoms with Gasteiger partial charge in [-0.3, -0.25) is 14.9 Å². The molecule has 1 saturated heterocycles. The molecular formula is C13H17ClN4O3. The Hall–Kier alpha value is -2.12. The van der Waals surface area contributed by atoms with Crippen LogP contribution in [-0.4, -0.2) is 31.4 Å². The van der Waals surface area contributed by atoms with Crippen molar-refractivity contribution in [2.75, 3.05) is 18.9 Å². The van der Waals surface area contributed by atoms with Crippen LogP contribution in [0.15, 0.2) is 24.3 Å². The van der Waals surface area contributed by atoms with E-state index in [4.69, 9.17) is 0 Å². The lowest BCUT2D eigenvalue weighted by Gasteiger charge is -2.21. The summed E-state index contributed by atoms with van der Waals surface area (Å²) in [6.45, 7) is 1.81. The average Bonchev–Trinajstić information content (AvgIpc) is 2.64. The second kappa shape index (κ2) is 6.55. The van der Waals surface area contributed by atoms with Crippen molar-refractivity contribution in [3.63, 3.8) is 0 Å². The van der Waals surface area contributed by atoms with Crippen LogP contribution in [0, 0.1) is 0 Å². The Morgan fingerprint density at radius 3 is 2.62 bits per heavy atom. The predicted molar refractivity (Wildman–Crippen MR) is 80.3 cm³/mol. The van der Waals surface area contributed by atoms with Crippen LogP contribution in [0.2, 0.25) is 0 Å². The Balaban J connectivity index is 0.00000220. The summed E-state index contributed by atoms with van der Waals surface area (Å²) in [7, 11) is 1.68. The Bertz CT molecular complexity index is 578. The van der Waals surface area contributed by atoms with Gasteiger partial charge in [0.25, 0.3) is 5.91 Å². The lowest BCUT2D eigenvalue weighted by atomic mass is 9.92. The lowest BCUT2D eigenvalue weighted by Crippen LogP contribution is -2.40. The van der Waals surface area contributed by atoms with E-state index in [1.54, 1.807) is 38.2 Å². The number of benzene rings is 1. The van der Waals surface area contributed by atoms with Gasteiger partial charge in [-0.2, -0.15) is 0 Å². The van der Waals surface area contributed by atoms with Crippen LogP contribution in [0.4, 0.5) is 10.5 Å². The molecule has 1 heterocycles. The fourth-order valence-electron chi connectivity index (χ4n) is 2.02. The summed E-state index contributed by atoms with van der Waals surface area (Å²) in [5.74, 6) is -0.601. The summed E-state index contributed by atoms with van der Waals surface area (Å²) in [6, 6.07) is 6.29.